The van der Waals surface area contributed by atoms with Gasteiger partial charge in [0.2, 0.25) is 0 Å². The lowest BCUT2D eigenvalue weighted by molar-refractivity contribution is 0.0526. The van der Waals surface area contributed by atoms with Crippen molar-refractivity contribution < 1.29 is 9.13 Å². The molecule has 1 saturated heterocycles. The Kier molecular flexibility index (Phi) is 5.38. The third-order valence-corrected chi connectivity index (χ3v) is 4.01. The first-order chi connectivity index (χ1) is 9.65. The summed E-state index contributed by atoms with van der Waals surface area (Å²) in [6.45, 7) is 6.75. The highest BCUT2D eigenvalue weighted by molar-refractivity contribution is 5.55. The van der Waals surface area contributed by atoms with Crippen LogP contribution in [0.1, 0.15) is 38.3 Å². The molecule has 1 aromatic carbocycles. The molecule has 0 spiro atoms. The van der Waals surface area contributed by atoms with Gasteiger partial charge in [-0.25, -0.2) is 4.39 Å². The number of benzene rings is 1. The molecule has 0 amide bonds. The maximum atomic E-state index is 13.5. The van der Waals surface area contributed by atoms with E-state index in [4.69, 9.17) is 4.74 Å². The minimum absolute atomic E-state index is 0.133. The topological polar surface area (TPSA) is 24.5 Å². The van der Waals surface area contributed by atoms with E-state index in [0.717, 1.165) is 43.8 Å². The third-order valence-electron chi connectivity index (χ3n) is 4.01. The Morgan fingerprint density at radius 2 is 2.30 bits per heavy atom. The molecule has 0 saturated carbocycles. The second-order valence-electron chi connectivity index (χ2n) is 5.38. The fourth-order valence-corrected chi connectivity index (χ4v) is 2.84. The first-order valence-corrected chi connectivity index (χ1v) is 7.49. The number of nitrogens with one attached hydrogen (secondary N) is 1. The molecule has 1 aromatic rings. The number of hydrogen-bond donors (Lipinski definition) is 1. The first-order valence-electron chi connectivity index (χ1n) is 7.49. The average Bonchev–Trinajstić information content (AvgIpc) is 2.47. The Balaban J connectivity index is 2.22. The van der Waals surface area contributed by atoms with Crippen LogP contribution in [0.25, 0.3) is 0 Å². The van der Waals surface area contributed by atoms with Crippen molar-refractivity contribution in [2.75, 3.05) is 31.6 Å². The lowest BCUT2D eigenvalue weighted by atomic mass is 10.0. The summed E-state index contributed by atoms with van der Waals surface area (Å²) >= 11 is 0. The molecule has 0 bridgehead atoms. The smallest absolute Gasteiger partial charge is 0.123 e. The summed E-state index contributed by atoms with van der Waals surface area (Å²) in [4.78, 5) is 2.33. The molecule has 0 aliphatic carbocycles. The van der Waals surface area contributed by atoms with Gasteiger partial charge >= 0.3 is 0 Å². The maximum absolute atomic E-state index is 13.5. The molecule has 20 heavy (non-hydrogen) atoms. The van der Waals surface area contributed by atoms with Gasteiger partial charge in [-0.1, -0.05) is 0 Å². The van der Waals surface area contributed by atoms with Crippen molar-refractivity contribution in [1.29, 1.82) is 0 Å². The molecule has 2 atom stereocenters. The van der Waals surface area contributed by atoms with E-state index in [9.17, 15) is 4.39 Å². The van der Waals surface area contributed by atoms with Crippen LogP contribution in [0.5, 0.6) is 0 Å². The van der Waals surface area contributed by atoms with Crippen molar-refractivity contribution in [2.45, 2.75) is 38.8 Å². The molecule has 3 nitrogen and oxygen atoms in total. The Morgan fingerprint density at radius 1 is 1.50 bits per heavy atom. The number of halogens is 1. The molecule has 0 aromatic heterocycles. The Hall–Kier alpha value is -1.13. The number of piperidine rings is 1. The molecular formula is C16H25FN2O. The van der Waals surface area contributed by atoms with Crippen LogP contribution >= 0.6 is 0 Å². The number of hydrogen-bond acceptors (Lipinski definition) is 3. The molecule has 1 fully saturated rings. The standard InChI is InChI=1S/C16H25FN2O/c1-4-20-14-6-5-9-19(11-14)16-8-7-13(17)10-15(16)12(2)18-3/h7-8,10,12,14,18H,4-6,9,11H2,1-3H3. The zero-order chi connectivity index (χ0) is 14.5. The fourth-order valence-electron chi connectivity index (χ4n) is 2.84. The van der Waals surface area contributed by atoms with Crippen LogP contribution in [0.15, 0.2) is 18.2 Å². The number of nitrogens with zero attached hydrogens (tertiary/aromatic N) is 1. The van der Waals surface area contributed by atoms with Crippen molar-refractivity contribution in [2.24, 2.45) is 0 Å². The van der Waals surface area contributed by atoms with Crippen LogP contribution < -0.4 is 10.2 Å². The molecular weight excluding hydrogens is 255 g/mol. The largest absolute Gasteiger partial charge is 0.377 e. The highest BCUT2D eigenvalue weighted by Gasteiger charge is 2.23. The lowest BCUT2D eigenvalue weighted by Gasteiger charge is -2.36. The minimum atomic E-state index is -0.177. The highest BCUT2D eigenvalue weighted by atomic mass is 19.1. The zero-order valence-electron chi connectivity index (χ0n) is 12.7. The molecule has 2 unspecified atom stereocenters. The summed E-state index contributed by atoms with van der Waals surface area (Å²) in [5, 5.41) is 3.20. The monoisotopic (exact) mass is 280 g/mol. The predicted molar refractivity (Wildman–Crippen MR) is 80.7 cm³/mol. The van der Waals surface area contributed by atoms with E-state index in [0.29, 0.717) is 0 Å². The molecule has 1 N–H and O–H groups in total. The van der Waals surface area contributed by atoms with Gasteiger partial charge in [-0.15, -0.1) is 0 Å². The summed E-state index contributed by atoms with van der Waals surface area (Å²) < 4.78 is 19.3. The van der Waals surface area contributed by atoms with Crippen LogP contribution in [0.2, 0.25) is 0 Å². The summed E-state index contributed by atoms with van der Waals surface area (Å²) in [7, 11) is 1.90. The Morgan fingerprint density at radius 3 is 3.00 bits per heavy atom. The highest BCUT2D eigenvalue weighted by Crippen LogP contribution is 2.30. The second-order valence-corrected chi connectivity index (χ2v) is 5.38. The van der Waals surface area contributed by atoms with Gasteiger partial charge in [-0.05, 0) is 57.5 Å². The van der Waals surface area contributed by atoms with Crippen LogP contribution in [-0.2, 0) is 4.74 Å². The lowest BCUT2D eigenvalue weighted by Crippen LogP contribution is -2.40. The van der Waals surface area contributed by atoms with Crippen LogP contribution in [0.4, 0.5) is 10.1 Å². The summed E-state index contributed by atoms with van der Waals surface area (Å²) in [5.74, 6) is -0.177. The molecule has 112 valence electrons. The Bertz CT molecular complexity index is 436. The average molecular weight is 280 g/mol. The molecule has 0 radical (unpaired) electrons. The number of anilines is 1. The van der Waals surface area contributed by atoms with Gasteiger partial charge in [0.1, 0.15) is 5.82 Å². The molecule has 1 heterocycles. The van der Waals surface area contributed by atoms with E-state index in [1.165, 1.54) is 0 Å². The van der Waals surface area contributed by atoms with E-state index in [1.54, 1.807) is 12.1 Å². The van der Waals surface area contributed by atoms with Crippen molar-refractivity contribution >= 4 is 5.69 Å². The SMILES string of the molecule is CCOC1CCCN(c2ccc(F)cc2C(C)NC)C1. The van der Waals surface area contributed by atoms with Gasteiger partial charge in [-0.3, -0.25) is 0 Å². The van der Waals surface area contributed by atoms with E-state index in [2.05, 4.69) is 17.1 Å². The van der Waals surface area contributed by atoms with Crippen molar-refractivity contribution in [3.63, 3.8) is 0 Å². The predicted octanol–water partition coefficient (Wildman–Crippen LogP) is 3.11. The van der Waals surface area contributed by atoms with Crippen LogP contribution in [-0.4, -0.2) is 32.8 Å². The molecule has 4 heteroatoms. The minimum Gasteiger partial charge on any atom is -0.377 e. The van der Waals surface area contributed by atoms with E-state index in [1.807, 2.05) is 20.0 Å². The van der Waals surface area contributed by atoms with Gasteiger partial charge < -0.3 is 15.0 Å². The third kappa shape index (κ3) is 3.49. The van der Waals surface area contributed by atoms with Crippen LogP contribution in [0, 0.1) is 5.82 Å². The van der Waals surface area contributed by atoms with E-state index < -0.39 is 0 Å². The molecule has 2 rings (SSSR count). The van der Waals surface area contributed by atoms with Gasteiger partial charge in [-0.2, -0.15) is 0 Å². The van der Waals surface area contributed by atoms with E-state index >= 15 is 0 Å². The molecule has 1 aliphatic rings. The van der Waals surface area contributed by atoms with Crippen molar-refractivity contribution in [3.05, 3.63) is 29.6 Å². The summed E-state index contributed by atoms with van der Waals surface area (Å²) in [6, 6.07) is 5.22. The number of ether oxygens (including phenoxy) is 1. The molecule has 1 aliphatic heterocycles. The Labute approximate surface area is 121 Å². The van der Waals surface area contributed by atoms with Gasteiger partial charge in [0.15, 0.2) is 0 Å². The van der Waals surface area contributed by atoms with E-state index in [-0.39, 0.29) is 18.0 Å². The van der Waals surface area contributed by atoms with Gasteiger partial charge in [0.25, 0.3) is 0 Å². The van der Waals surface area contributed by atoms with Crippen molar-refractivity contribution in [3.8, 4) is 0 Å². The fraction of sp³-hybridized carbons (Fsp3) is 0.625. The second kappa shape index (κ2) is 7.04. The first kappa shape index (κ1) is 15.3. The zero-order valence-corrected chi connectivity index (χ0v) is 12.7. The normalized spacial score (nSPS) is 21.0. The van der Waals surface area contributed by atoms with Gasteiger partial charge in [0, 0.05) is 31.4 Å². The van der Waals surface area contributed by atoms with Crippen molar-refractivity contribution in [1.82, 2.24) is 5.32 Å². The maximum Gasteiger partial charge on any atom is 0.123 e. The quantitative estimate of drug-likeness (QED) is 0.897. The van der Waals surface area contributed by atoms with Crippen LogP contribution in [0.3, 0.4) is 0 Å². The number of rotatable bonds is 5. The summed E-state index contributed by atoms with van der Waals surface area (Å²) in [5.41, 5.74) is 2.14. The summed E-state index contributed by atoms with van der Waals surface area (Å²) in [6.07, 6.45) is 2.52. The van der Waals surface area contributed by atoms with Gasteiger partial charge in [0.05, 0.1) is 6.10 Å².